The predicted molar refractivity (Wildman–Crippen MR) is 120 cm³/mol. The summed E-state index contributed by atoms with van der Waals surface area (Å²) in [7, 11) is 0. The van der Waals surface area contributed by atoms with Crippen molar-refractivity contribution < 1.29 is 4.74 Å². The van der Waals surface area contributed by atoms with Crippen LogP contribution in [0.1, 0.15) is 105 Å². The Bertz CT molecular complexity index is 497. The van der Waals surface area contributed by atoms with E-state index in [-0.39, 0.29) is 11.4 Å². The van der Waals surface area contributed by atoms with E-state index in [1.54, 1.807) is 0 Å². The normalized spacial score (nSPS) is 11.2. The van der Waals surface area contributed by atoms with Crippen LogP contribution in [0.3, 0.4) is 0 Å². The van der Waals surface area contributed by atoms with Crippen LogP contribution in [0.5, 0.6) is 6.01 Å². The molecule has 0 N–H and O–H groups in total. The summed E-state index contributed by atoms with van der Waals surface area (Å²) in [6.45, 7) is 10.3. The number of unbranched alkanes of at least 4 members (excludes halogenated alkanes) is 10. The van der Waals surface area contributed by atoms with Crippen LogP contribution >= 0.6 is 11.6 Å². The molecule has 0 aliphatic rings. The van der Waals surface area contributed by atoms with Crippen molar-refractivity contribution in [2.24, 2.45) is 0 Å². The Labute approximate surface area is 177 Å². The van der Waals surface area contributed by atoms with Crippen molar-refractivity contribution in [3.63, 3.8) is 0 Å². The largest absolute Gasteiger partial charge is 0.461 e. The summed E-state index contributed by atoms with van der Waals surface area (Å²) in [5.74, 6) is 0.651. The first-order chi connectivity index (χ1) is 13.6. The molecule has 0 unspecified atom stereocenters. The van der Waals surface area contributed by atoms with Crippen molar-refractivity contribution in [1.82, 2.24) is 15.0 Å². The number of halogens is 1. The van der Waals surface area contributed by atoms with Crippen molar-refractivity contribution in [3.8, 4) is 6.01 Å². The Morgan fingerprint density at radius 2 is 1.25 bits per heavy atom. The number of hydrogen-bond donors (Lipinski definition) is 0. The highest BCUT2D eigenvalue weighted by Crippen LogP contribution is 2.18. The van der Waals surface area contributed by atoms with Gasteiger partial charge in [0.15, 0.2) is 0 Å². The summed E-state index contributed by atoms with van der Waals surface area (Å²) in [6.07, 6.45) is 15.3. The number of anilines is 1. The fourth-order valence-corrected chi connectivity index (χ4v) is 3.35. The lowest BCUT2D eigenvalue weighted by atomic mass is 10.1. The van der Waals surface area contributed by atoms with Gasteiger partial charge in [0, 0.05) is 13.1 Å². The highest BCUT2D eigenvalue weighted by molar-refractivity contribution is 6.28. The highest BCUT2D eigenvalue weighted by atomic mass is 35.5. The van der Waals surface area contributed by atoms with Crippen LogP contribution in [-0.2, 0) is 0 Å². The number of ether oxygens (including phenoxy) is 1. The molecule has 1 rings (SSSR count). The highest BCUT2D eigenvalue weighted by Gasteiger charge is 2.14. The smallest absolute Gasteiger partial charge is 0.322 e. The third-order valence-electron chi connectivity index (χ3n) is 4.76. The van der Waals surface area contributed by atoms with E-state index in [0.29, 0.717) is 12.0 Å². The lowest BCUT2D eigenvalue weighted by Crippen LogP contribution is -2.28. The topological polar surface area (TPSA) is 51.1 Å². The zero-order chi connectivity index (χ0) is 20.6. The molecule has 0 spiro atoms. The zero-order valence-electron chi connectivity index (χ0n) is 18.6. The van der Waals surface area contributed by atoms with Crippen molar-refractivity contribution in [1.29, 1.82) is 0 Å². The first-order valence-corrected chi connectivity index (χ1v) is 11.8. The van der Waals surface area contributed by atoms with Gasteiger partial charge in [-0.1, -0.05) is 78.1 Å². The Hall–Kier alpha value is -1.10. The molecule has 0 amide bonds. The molecule has 0 aromatic carbocycles. The molecule has 6 heteroatoms. The summed E-state index contributed by atoms with van der Waals surface area (Å²) < 4.78 is 5.65. The van der Waals surface area contributed by atoms with Crippen LogP contribution in [0.4, 0.5) is 5.95 Å². The maximum atomic E-state index is 6.15. The molecule has 0 fully saturated rings. The van der Waals surface area contributed by atoms with Gasteiger partial charge in [0.25, 0.3) is 0 Å². The van der Waals surface area contributed by atoms with Crippen molar-refractivity contribution >= 4 is 17.5 Å². The van der Waals surface area contributed by atoms with Gasteiger partial charge in [0.2, 0.25) is 11.2 Å². The van der Waals surface area contributed by atoms with Crippen LogP contribution in [0.25, 0.3) is 0 Å². The Morgan fingerprint density at radius 1 is 0.750 bits per heavy atom. The van der Waals surface area contributed by atoms with Gasteiger partial charge in [-0.15, -0.1) is 0 Å². The summed E-state index contributed by atoms with van der Waals surface area (Å²) in [6, 6.07) is 0.320. The minimum Gasteiger partial charge on any atom is -0.461 e. The van der Waals surface area contributed by atoms with Crippen LogP contribution in [0.15, 0.2) is 0 Å². The average Bonchev–Trinajstić information content (AvgIpc) is 2.64. The molecule has 0 aliphatic carbocycles. The van der Waals surface area contributed by atoms with E-state index in [2.05, 4.69) is 33.7 Å². The lowest BCUT2D eigenvalue weighted by Gasteiger charge is -2.23. The van der Waals surface area contributed by atoms with Gasteiger partial charge < -0.3 is 9.64 Å². The van der Waals surface area contributed by atoms with Gasteiger partial charge in [-0.2, -0.15) is 15.0 Å². The van der Waals surface area contributed by atoms with E-state index in [9.17, 15) is 0 Å². The molecule has 0 saturated carbocycles. The first kappa shape index (κ1) is 24.9. The van der Waals surface area contributed by atoms with E-state index in [1.807, 2.05) is 13.8 Å². The fraction of sp³-hybridized carbons (Fsp3) is 0.864. The molecule has 5 nitrogen and oxygen atoms in total. The fourth-order valence-electron chi connectivity index (χ4n) is 3.20. The molecule has 28 heavy (non-hydrogen) atoms. The monoisotopic (exact) mass is 412 g/mol. The van der Waals surface area contributed by atoms with E-state index in [1.165, 1.54) is 64.2 Å². The zero-order valence-corrected chi connectivity index (χ0v) is 19.3. The lowest BCUT2D eigenvalue weighted by molar-refractivity contribution is 0.221. The van der Waals surface area contributed by atoms with Crippen molar-refractivity contribution in [2.45, 2.75) is 111 Å². The van der Waals surface area contributed by atoms with Crippen molar-refractivity contribution in [3.05, 3.63) is 5.28 Å². The molecule has 1 aromatic rings. The van der Waals surface area contributed by atoms with E-state index < -0.39 is 0 Å². The number of aromatic nitrogens is 3. The van der Waals surface area contributed by atoms with Crippen molar-refractivity contribution in [2.75, 3.05) is 18.0 Å². The number of rotatable bonds is 17. The molecule has 0 atom stereocenters. The van der Waals surface area contributed by atoms with Gasteiger partial charge in [-0.25, -0.2) is 0 Å². The number of hydrogen-bond acceptors (Lipinski definition) is 5. The summed E-state index contributed by atoms with van der Waals surface area (Å²) in [4.78, 5) is 15.3. The third-order valence-corrected chi connectivity index (χ3v) is 4.93. The van der Waals surface area contributed by atoms with Crippen LogP contribution < -0.4 is 9.64 Å². The van der Waals surface area contributed by atoms with E-state index in [4.69, 9.17) is 16.3 Å². The SMILES string of the molecule is CCCCCCCCN(CCCCCCCC)c1nc(Cl)nc(OC(C)C)n1. The minimum atomic E-state index is 0.0110. The molecule has 0 radical (unpaired) electrons. The average molecular weight is 413 g/mol. The predicted octanol–water partition coefficient (Wildman–Crippen LogP) is 6.84. The second kappa shape index (κ2) is 15.8. The second-order valence-electron chi connectivity index (χ2n) is 7.88. The second-order valence-corrected chi connectivity index (χ2v) is 8.21. The van der Waals surface area contributed by atoms with Gasteiger partial charge in [-0.05, 0) is 38.3 Å². The standard InChI is InChI=1S/C22H41ClN4O/c1-5-7-9-11-13-15-17-27(18-16-14-12-10-8-6-2)21-24-20(23)25-22(26-21)28-19(3)4/h19H,5-18H2,1-4H3. The molecule has 162 valence electrons. The van der Waals surface area contributed by atoms with Crippen LogP contribution in [0, 0.1) is 0 Å². The van der Waals surface area contributed by atoms with Crippen LogP contribution in [-0.4, -0.2) is 34.1 Å². The maximum Gasteiger partial charge on any atom is 0.322 e. The maximum absolute atomic E-state index is 6.15. The summed E-state index contributed by atoms with van der Waals surface area (Å²) in [5.41, 5.74) is 0. The molecular weight excluding hydrogens is 372 g/mol. The van der Waals surface area contributed by atoms with E-state index >= 15 is 0 Å². The Kier molecular flexibility index (Phi) is 14.1. The molecule has 1 aromatic heterocycles. The Morgan fingerprint density at radius 3 is 1.75 bits per heavy atom. The van der Waals surface area contributed by atoms with Gasteiger partial charge in [0.1, 0.15) is 0 Å². The molecule has 0 bridgehead atoms. The molecule has 1 heterocycles. The molecular formula is C22H41ClN4O. The van der Waals surface area contributed by atoms with Gasteiger partial charge in [0.05, 0.1) is 6.10 Å². The van der Waals surface area contributed by atoms with Gasteiger partial charge in [-0.3, -0.25) is 0 Å². The third kappa shape index (κ3) is 11.7. The molecule has 0 saturated heterocycles. The minimum absolute atomic E-state index is 0.0110. The molecule has 0 aliphatic heterocycles. The van der Waals surface area contributed by atoms with E-state index in [0.717, 1.165) is 25.9 Å². The first-order valence-electron chi connectivity index (χ1n) is 11.4. The summed E-state index contributed by atoms with van der Waals surface area (Å²) >= 11 is 6.15. The van der Waals surface area contributed by atoms with Crippen LogP contribution in [0.2, 0.25) is 5.28 Å². The summed E-state index contributed by atoms with van der Waals surface area (Å²) in [5, 5.41) is 0.205. The van der Waals surface area contributed by atoms with Gasteiger partial charge >= 0.3 is 6.01 Å². The quantitative estimate of drug-likeness (QED) is 0.262. The Balaban J connectivity index is 2.63. The number of nitrogens with zero attached hydrogens (tertiary/aromatic N) is 4.